The van der Waals surface area contributed by atoms with Crippen molar-refractivity contribution < 1.29 is 14.3 Å². The maximum absolute atomic E-state index is 12.8. The SMILES string of the molecule is Cc1ccc([C@H]2OC(C)(C)O[C@@H]2C(=O)c2ccccc2)cc1. The monoisotopic (exact) mass is 296 g/mol. The van der Waals surface area contributed by atoms with Crippen LogP contribution in [-0.2, 0) is 9.47 Å². The molecule has 3 heteroatoms. The van der Waals surface area contributed by atoms with E-state index in [1.54, 1.807) is 0 Å². The summed E-state index contributed by atoms with van der Waals surface area (Å²) in [4.78, 5) is 12.8. The number of benzene rings is 2. The van der Waals surface area contributed by atoms with E-state index in [9.17, 15) is 4.79 Å². The van der Waals surface area contributed by atoms with Crippen molar-refractivity contribution >= 4 is 5.78 Å². The first-order chi connectivity index (χ1) is 10.5. The molecule has 0 unspecified atom stereocenters. The molecule has 2 atom stereocenters. The Morgan fingerprint density at radius 3 is 2.23 bits per heavy atom. The van der Waals surface area contributed by atoms with Gasteiger partial charge in [0.15, 0.2) is 17.7 Å². The Morgan fingerprint density at radius 2 is 1.59 bits per heavy atom. The largest absolute Gasteiger partial charge is 0.339 e. The number of ketones is 1. The third-order valence-corrected chi connectivity index (χ3v) is 3.82. The molecule has 0 N–H and O–H groups in total. The average molecular weight is 296 g/mol. The van der Waals surface area contributed by atoms with E-state index >= 15 is 0 Å². The minimum atomic E-state index is -0.773. The zero-order chi connectivity index (χ0) is 15.7. The van der Waals surface area contributed by atoms with Crippen molar-refractivity contribution in [3.05, 3.63) is 71.3 Å². The summed E-state index contributed by atoms with van der Waals surface area (Å²) in [5, 5.41) is 0. The summed E-state index contributed by atoms with van der Waals surface area (Å²) in [5.74, 6) is -0.818. The zero-order valence-corrected chi connectivity index (χ0v) is 13.1. The van der Waals surface area contributed by atoms with E-state index in [1.165, 1.54) is 5.56 Å². The van der Waals surface area contributed by atoms with Gasteiger partial charge in [-0.05, 0) is 26.3 Å². The van der Waals surface area contributed by atoms with Crippen LogP contribution in [0.25, 0.3) is 0 Å². The summed E-state index contributed by atoms with van der Waals surface area (Å²) >= 11 is 0. The van der Waals surface area contributed by atoms with Gasteiger partial charge in [-0.3, -0.25) is 4.79 Å². The van der Waals surface area contributed by atoms with Crippen LogP contribution in [0.3, 0.4) is 0 Å². The Labute approximate surface area is 130 Å². The summed E-state index contributed by atoms with van der Waals surface area (Å²) < 4.78 is 11.9. The molecule has 2 aromatic carbocycles. The molecule has 1 heterocycles. The number of rotatable bonds is 3. The van der Waals surface area contributed by atoms with E-state index < -0.39 is 11.9 Å². The molecule has 0 bridgehead atoms. The molecule has 0 amide bonds. The van der Waals surface area contributed by atoms with Crippen LogP contribution in [0, 0.1) is 6.92 Å². The summed E-state index contributed by atoms with van der Waals surface area (Å²) in [6.45, 7) is 5.71. The van der Waals surface area contributed by atoms with Gasteiger partial charge in [-0.25, -0.2) is 0 Å². The Morgan fingerprint density at radius 1 is 0.955 bits per heavy atom. The third kappa shape index (κ3) is 2.96. The van der Waals surface area contributed by atoms with Crippen LogP contribution in [0.15, 0.2) is 54.6 Å². The Balaban J connectivity index is 1.93. The van der Waals surface area contributed by atoms with Crippen LogP contribution in [0.1, 0.15) is 41.4 Å². The van der Waals surface area contributed by atoms with Gasteiger partial charge in [-0.1, -0.05) is 60.2 Å². The molecule has 0 aromatic heterocycles. The number of carbonyl (C=O) groups is 1. The number of hydrogen-bond acceptors (Lipinski definition) is 3. The third-order valence-electron chi connectivity index (χ3n) is 3.82. The van der Waals surface area contributed by atoms with E-state index in [2.05, 4.69) is 0 Å². The first-order valence-corrected chi connectivity index (χ1v) is 7.48. The standard InChI is InChI=1S/C19H20O3/c1-13-9-11-15(12-10-13)17-18(22-19(2,3)21-17)16(20)14-7-5-4-6-8-14/h4-12,17-18H,1-3H3/t17-,18-/m1/s1. The average Bonchev–Trinajstić information content (AvgIpc) is 2.84. The molecule has 114 valence electrons. The van der Waals surface area contributed by atoms with E-state index in [1.807, 2.05) is 75.4 Å². The van der Waals surface area contributed by atoms with Gasteiger partial charge in [0.05, 0.1) is 0 Å². The topological polar surface area (TPSA) is 35.5 Å². The summed E-state index contributed by atoms with van der Waals surface area (Å²) in [5.41, 5.74) is 2.78. The molecule has 3 rings (SSSR count). The number of Topliss-reactive ketones (excluding diaryl/α,β-unsaturated/α-hetero) is 1. The molecule has 0 aliphatic carbocycles. The Bertz CT molecular complexity index is 659. The van der Waals surface area contributed by atoms with Crippen molar-refractivity contribution in [1.82, 2.24) is 0 Å². The minimum absolute atomic E-state index is 0.0447. The fourth-order valence-electron chi connectivity index (χ4n) is 2.72. The molecular weight excluding hydrogens is 276 g/mol. The number of aryl methyl sites for hydroxylation is 1. The maximum Gasteiger partial charge on any atom is 0.194 e. The van der Waals surface area contributed by atoms with Crippen molar-refractivity contribution in [3.8, 4) is 0 Å². The van der Waals surface area contributed by atoms with Gasteiger partial charge in [0, 0.05) is 5.56 Å². The second-order valence-electron chi connectivity index (χ2n) is 6.12. The molecule has 22 heavy (non-hydrogen) atoms. The highest BCUT2D eigenvalue weighted by Crippen LogP contribution is 2.39. The van der Waals surface area contributed by atoms with E-state index in [4.69, 9.17) is 9.47 Å². The summed E-state index contributed by atoms with van der Waals surface area (Å²) in [6, 6.07) is 17.3. The second kappa shape index (κ2) is 5.67. The lowest BCUT2D eigenvalue weighted by Crippen LogP contribution is -2.28. The first kappa shape index (κ1) is 14.9. The number of hydrogen-bond donors (Lipinski definition) is 0. The molecule has 0 saturated carbocycles. The molecule has 1 saturated heterocycles. The smallest absolute Gasteiger partial charge is 0.194 e. The Hall–Kier alpha value is -1.97. The maximum atomic E-state index is 12.8. The zero-order valence-electron chi connectivity index (χ0n) is 13.1. The van der Waals surface area contributed by atoms with Gasteiger partial charge in [0.1, 0.15) is 6.10 Å². The van der Waals surface area contributed by atoms with Crippen LogP contribution < -0.4 is 0 Å². The molecule has 1 fully saturated rings. The lowest BCUT2D eigenvalue weighted by Gasteiger charge is -2.17. The number of carbonyl (C=O) groups excluding carboxylic acids is 1. The predicted molar refractivity (Wildman–Crippen MR) is 84.7 cm³/mol. The predicted octanol–water partition coefficient (Wildman–Crippen LogP) is 4.07. The van der Waals surface area contributed by atoms with Crippen molar-refractivity contribution in [1.29, 1.82) is 0 Å². The van der Waals surface area contributed by atoms with Gasteiger partial charge in [0.25, 0.3) is 0 Å². The van der Waals surface area contributed by atoms with Gasteiger partial charge in [-0.2, -0.15) is 0 Å². The van der Waals surface area contributed by atoms with Gasteiger partial charge in [0.2, 0.25) is 0 Å². The van der Waals surface area contributed by atoms with Crippen LogP contribution in [0.5, 0.6) is 0 Å². The summed E-state index contributed by atoms with van der Waals surface area (Å²) in [7, 11) is 0. The molecule has 1 aliphatic rings. The van der Waals surface area contributed by atoms with Crippen LogP contribution in [0.4, 0.5) is 0 Å². The van der Waals surface area contributed by atoms with Gasteiger partial charge < -0.3 is 9.47 Å². The normalized spacial score (nSPS) is 23.4. The van der Waals surface area contributed by atoms with Crippen molar-refractivity contribution in [2.75, 3.05) is 0 Å². The molecular formula is C19H20O3. The molecule has 3 nitrogen and oxygen atoms in total. The lowest BCUT2D eigenvalue weighted by atomic mass is 9.97. The fourth-order valence-corrected chi connectivity index (χ4v) is 2.72. The van der Waals surface area contributed by atoms with Crippen molar-refractivity contribution in [2.45, 2.75) is 38.8 Å². The highest BCUT2D eigenvalue weighted by molar-refractivity contribution is 6.00. The van der Waals surface area contributed by atoms with Crippen molar-refractivity contribution in [3.63, 3.8) is 0 Å². The molecule has 0 radical (unpaired) electrons. The molecule has 1 aliphatic heterocycles. The highest BCUT2D eigenvalue weighted by Gasteiger charge is 2.45. The van der Waals surface area contributed by atoms with Crippen LogP contribution in [0.2, 0.25) is 0 Å². The quantitative estimate of drug-likeness (QED) is 0.801. The molecule has 0 spiro atoms. The molecule has 2 aromatic rings. The number of ether oxygens (including phenoxy) is 2. The van der Waals surface area contributed by atoms with E-state index in [-0.39, 0.29) is 11.9 Å². The van der Waals surface area contributed by atoms with Crippen LogP contribution in [-0.4, -0.2) is 17.7 Å². The Kier molecular flexibility index (Phi) is 3.85. The van der Waals surface area contributed by atoms with Gasteiger partial charge >= 0.3 is 0 Å². The lowest BCUT2D eigenvalue weighted by molar-refractivity contribution is -0.143. The fraction of sp³-hybridized carbons (Fsp3) is 0.316. The minimum Gasteiger partial charge on any atom is -0.339 e. The van der Waals surface area contributed by atoms with Gasteiger partial charge in [-0.15, -0.1) is 0 Å². The van der Waals surface area contributed by atoms with E-state index in [0.29, 0.717) is 5.56 Å². The van der Waals surface area contributed by atoms with Crippen LogP contribution >= 0.6 is 0 Å². The first-order valence-electron chi connectivity index (χ1n) is 7.48. The van der Waals surface area contributed by atoms with E-state index in [0.717, 1.165) is 5.56 Å². The summed E-state index contributed by atoms with van der Waals surface area (Å²) in [6.07, 6.45) is -1.01. The second-order valence-corrected chi connectivity index (χ2v) is 6.12. The highest BCUT2D eigenvalue weighted by atomic mass is 16.8. The van der Waals surface area contributed by atoms with Crippen molar-refractivity contribution in [2.24, 2.45) is 0 Å².